The van der Waals surface area contributed by atoms with E-state index < -0.39 is 29.1 Å². The number of nitrogens with one attached hydrogen (secondary N) is 1. The number of aromatic carboxylic acids is 1. The Balaban J connectivity index is 2.94. The van der Waals surface area contributed by atoms with Crippen LogP contribution in [0.3, 0.4) is 0 Å². The second kappa shape index (κ2) is 6.34. The van der Waals surface area contributed by atoms with Crippen LogP contribution in [0.2, 0.25) is 0 Å². The molecule has 0 heterocycles. The maximum Gasteiger partial charge on any atom is 0.335 e. The number of ether oxygens (including phenoxy) is 1. The van der Waals surface area contributed by atoms with Crippen LogP contribution in [0.25, 0.3) is 0 Å². The van der Waals surface area contributed by atoms with Crippen LogP contribution >= 0.6 is 0 Å². The largest absolute Gasteiger partial charge is 0.478 e. The zero-order valence-electron chi connectivity index (χ0n) is 10.1. The molecule has 0 aliphatic rings. The van der Waals surface area contributed by atoms with Gasteiger partial charge in [0.1, 0.15) is 0 Å². The third-order valence-electron chi connectivity index (χ3n) is 2.14. The molecule has 102 valence electrons. The fourth-order valence-corrected chi connectivity index (χ4v) is 1.31. The minimum absolute atomic E-state index is 0.156. The quantitative estimate of drug-likeness (QED) is 0.582. The first kappa shape index (κ1) is 14.4. The van der Waals surface area contributed by atoms with Crippen molar-refractivity contribution >= 4 is 17.6 Å². The predicted molar refractivity (Wildman–Crippen MR) is 64.2 cm³/mol. The van der Waals surface area contributed by atoms with Crippen molar-refractivity contribution in [3.8, 4) is 5.75 Å². The van der Waals surface area contributed by atoms with Gasteiger partial charge in [-0.1, -0.05) is 0 Å². The monoisotopic (exact) mass is 268 g/mol. The molecule has 1 aromatic carbocycles. The Kier molecular flexibility index (Phi) is 4.81. The Morgan fingerprint density at radius 3 is 2.68 bits per heavy atom. The SMILES string of the molecule is CCNC(=O)COc1cc(C(=O)O)ccc1[N+](=O)[O-]. The number of amides is 1. The highest BCUT2D eigenvalue weighted by Gasteiger charge is 2.18. The molecular formula is C11H12N2O6. The van der Waals surface area contributed by atoms with Crippen molar-refractivity contribution in [3.63, 3.8) is 0 Å². The molecule has 8 heteroatoms. The van der Waals surface area contributed by atoms with Gasteiger partial charge in [-0.3, -0.25) is 14.9 Å². The number of nitro groups is 1. The molecule has 1 rings (SSSR count). The van der Waals surface area contributed by atoms with Crippen molar-refractivity contribution < 1.29 is 24.4 Å². The summed E-state index contributed by atoms with van der Waals surface area (Å²) in [6, 6.07) is 3.13. The lowest BCUT2D eigenvalue weighted by molar-refractivity contribution is -0.385. The van der Waals surface area contributed by atoms with Crippen LogP contribution in [0, 0.1) is 10.1 Å². The number of likely N-dealkylation sites (N-methyl/N-ethyl adjacent to an activating group) is 1. The number of benzene rings is 1. The molecule has 0 saturated heterocycles. The molecule has 0 fully saturated rings. The summed E-state index contributed by atoms with van der Waals surface area (Å²) < 4.78 is 4.99. The Morgan fingerprint density at radius 1 is 1.47 bits per heavy atom. The first-order valence-electron chi connectivity index (χ1n) is 5.37. The molecule has 0 aliphatic carbocycles. The van der Waals surface area contributed by atoms with E-state index in [9.17, 15) is 19.7 Å². The smallest absolute Gasteiger partial charge is 0.335 e. The number of carboxylic acid groups (broad SMARTS) is 1. The zero-order chi connectivity index (χ0) is 14.4. The lowest BCUT2D eigenvalue weighted by Gasteiger charge is -2.07. The maximum atomic E-state index is 11.2. The van der Waals surface area contributed by atoms with Crippen molar-refractivity contribution in [2.45, 2.75) is 6.92 Å². The van der Waals surface area contributed by atoms with E-state index in [-0.39, 0.29) is 11.3 Å². The van der Waals surface area contributed by atoms with Gasteiger partial charge in [0.25, 0.3) is 5.91 Å². The number of hydrogen-bond donors (Lipinski definition) is 2. The lowest BCUT2D eigenvalue weighted by Crippen LogP contribution is -2.28. The molecule has 0 saturated carbocycles. The van der Waals surface area contributed by atoms with Gasteiger partial charge in [0.15, 0.2) is 12.4 Å². The standard InChI is InChI=1S/C11H12N2O6/c1-2-12-10(14)6-19-9-5-7(11(15)16)3-4-8(9)13(17)18/h3-5H,2,6H2,1H3,(H,12,14)(H,15,16). The van der Waals surface area contributed by atoms with Gasteiger partial charge in [-0.25, -0.2) is 4.79 Å². The Labute approximate surface area is 108 Å². The van der Waals surface area contributed by atoms with Gasteiger partial charge in [-0.2, -0.15) is 0 Å². The third kappa shape index (κ3) is 3.95. The van der Waals surface area contributed by atoms with E-state index in [1.54, 1.807) is 6.92 Å². The number of carbonyl (C=O) groups excluding carboxylic acids is 1. The van der Waals surface area contributed by atoms with Crippen LogP contribution in [0.15, 0.2) is 18.2 Å². The van der Waals surface area contributed by atoms with Gasteiger partial charge in [-0.15, -0.1) is 0 Å². The van der Waals surface area contributed by atoms with Crippen molar-refractivity contribution in [2.24, 2.45) is 0 Å². The second-order valence-electron chi connectivity index (χ2n) is 3.49. The molecule has 8 nitrogen and oxygen atoms in total. The van der Waals surface area contributed by atoms with Crippen LogP contribution in [0.5, 0.6) is 5.75 Å². The summed E-state index contributed by atoms with van der Waals surface area (Å²) >= 11 is 0. The molecule has 0 radical (unpaired) electrons. The van der Waals surface area contributed by atoms with Crippen molar-refractivity contribution in [1.29, 1.82) is 0 Å². The number of hydrogen-bond acceptors (Lipinski definition) is 5. The van der Waals surface area contributed by atoms with E-state index >= 15 is 0 Å². The number of nitro benzene ring substituents is 1. The Bertz CT molecular complexity index is 514. The summed E-state index contributed by atoms with van der Waals surface area (Å²) in [6.07, 6.45) is 0. The van der Waals surface area contributed by atoms with Crippen LogP contribution in [0.4, 0.5) is 5.69 Å². The summed E-state index contributed by atoms with van der Waals surface area (Å²) in [5.74, 6) is -1.94. The molecule has 1 aromatic rings. The Morgan fingerprint density at radius 2 is 2.16 bits per heavy atom. The molecule has 0 spiro atoms. The fourth-order valence-electron chi connectivity index (χ4n) is 1.31. The minimum atomic E-state index is -1.24. The summed E-state index contributed by atoms with van der Waals surface area (Å²) in [5.41, 5.74) is -0.550. The molecule has 2 N–H and O–H groups in total. The predicted octanol–water partition coefficient (Wildman–Crippen LogP) is 0.808. The van der Waals surface area contributed by atoms with Crippen molar-refractivity contribution in [3.05, 3.63) is 33.9 Å². The van der Waals surface area contributed by atoms with Crippen molar-refractivity contribution in [2.75, 3.05) is 13.2 Å². The molecule has 0 aliphatic heterocycles. The molecule has 0 unspecified atom stereocenters. The molecule has 0 aromatic heterocycles. The summed E-state index contributed by atoms with van der Waals surface area (Å²) in [5, 5.41) is 22.0. The van der Waals surface area contributed by atoms with Crippen LogP contribution in [-0.2, 0) is 4.79 Å². The van der Waals surface area contributed by atoms with Gasteiger partial charge in [0.05, 0.1) is 10.5 Å². The van der Waals surface area contributed by atoms with E-state index in [1.807, 2.05) is 0 Å². The first-order valence-corrected chi connectivity index (χ1v) is 5.37. The zero-order valence-corrected chi connectivity index (χ0v) is 10.1. The normalized spacial score (nSPS) is 9.74. The number of rotatable bonds is 6. The number of nitrogens with zero attached hydrogens (tertiary/aromatic N) is 1. The molecular weight excluding hydrogens is 256 g/mol. The highest BCUT2D eigenvalue weighted by Crippen LogP contribution is 2.27. The highest BCUT2D eigenvalue weighted by atomic mass is 16.6. The van der Waals surface area contributed by atoms with Crippen LogP contribution < -0.4 is 10.1 Å². The maximum absolute atomic E-state index is 11.2. The van der Waals surface area contributed by atoms with Crippen LogP contribution in [0.1, 0.15) is 17.3 Å². The first-order chi connectivity index (χ1) is 8.95. The van der Waals surface area contributed by atoms with E-state index in [1.165, 1.54) is 0 Å². The molecule has 19 heavy (non-hydrogen) atoms. The van der Waals surface area contributed by atoms with Gasteiger partial charge in [-0.05, 0) is 13.0 Å². The van der Waals surface area contributed by atoms with E-state index in [2.05, 4.69) is 5.32 Å². The Hall–Kier alpha value is -2.64. The molecule has 0 atom stereocenters. The van der Waals surface area contributed by atoms with Gasteiger partial charge in [0, 0.05) is 18.7 Å². The fraction of sp³-hybridized carbons (Fsp3) is 0.273. The number of carbonyl (C=O) groups is 2. The topological polar surface area (TPSA) is 119 Å². The van der Waals surface area contributed by atoms with E-state index in [0.717, 1.165) is 18.2 Å². The summed E-state index contributed by atoms with van der Waals surface area (Å²) in [4.78, 5) is 32.0. The average molecular weight is 268 g/mol. The van der Waals surface area contributed by atoms with Crippen LogP contribution in [-0.4, -0.2) is 35.1 Å². The summed E-state index contributed by atoms with van der Waals surface area (Å²) in [7, 11) is 0. The van der Waals surface area contributed by atoms with Crippen molar-refractivity contribution in [1.82, 2.24) is 5.32 Å². The van der Waals surface area contributed by atoms with Gasteiger partial charge < -0.3 is 15.2 Å². The van der Waals surface area contributed by atoms with E-state index in [0.29, 0.717) is 6.54 Å². The van der Waals surface area contributed by atoms with E-state index in [4.69, 9.17) is 9.84 Å². The van der Waals surface area contributed by atoms with Gasteiger partial charge in [0.2, 0.25) is 0 Å². The van der Waals surface area contributed by atoms with Gasteiger partial charge >= 0.3 is 11.7 Å². The highest BCUT2D eigenvalue weighted by molar-refractivity contribution is 5.88. The molecule has 1 amide bonds. The average Bonchev–Trinajstić information content (AvgIpc) is 2.36. The molecule has 0 bridgehead atoms. The summed E-state index contributed by atoms with van der Waals surface area (Å²) in [6.45, 7) is 1.70. The minimum Gasteiger partial charge on any atom is -0.478 e. The second-order valence-corrected chi connectivity index (χ2v) is 3.49. The lowest BCUT2D eigenvalue weighted by atomic mass is 10.2. The number of carboxylic acids is 1. The third-order valence-corrected chi connectivity index (χ3v) is 2.14.